The van der Waals surface area contributed by atoms with Gasteiger partial charge >= 0.3 is 0 Å². The van der Waals surface area contributed by atoms with E-state index in [0.717, 1.165) is 18.8 Å². The first-order valence-corrected chi connectivity index (χ1v) is 6.01. The Bertz CT molecular complexity index is 375. The number of nitrogens with one attached hydrogen (secondary N) is 2. The van der Waals surface area contributed by atoms with Crippen molar-refractivity contribution < 1.29 is 9.69 Å². The molecule has 1 amide bonds. The molecule has 0 atom stereocenters. The summed E-state index contributed by atoms with van der Waals surface area (Å²) in [6.45, 7) is 2.79. The highest BCUT2D eigenvalue weighted by Gasteiger charge is 2.18. The molecular formula is C12H16ClN2O+. The summed E-state index contributed by atoms with van der Waals surface area (Å²) in [5, 5.41) is 3.51. The highest BCUT2D eigenvalue weighted by molar-refractivity contribution is 6.30. The maximum atomic E-state index is 11.7. The summed E-state index contributed by atoms with van der Waals surface area (Å²) >= 11 is 5.84. The van der Waals surface area contributed by atoms with Crippen molar-refractivity contribution >= 4 is 23.2 Å². The molecule has 1 fully saturated rings. The van der Waals surface area contributed by atoms with E-state index < -0.39 is 0 Å². The van der Waals surface area contributed by atoms with Gasteiger partial charge in [0.15, 0.2) is 6.54 Å². The van der Waals surface area contributed by atoms with E-state index in [4.69, 9.17) is 11.6 Å². The van der Waals surface area contributed by atoms with Gasteiger partial charge in [0.1, 0.15) is 0 Å². The highest BCUT2D eigenvalue weighted by Crippen LogP contribution is 2.14. The van der Waals surface area contributed by atoms with Crippen molar-refractivity contribution in [3.63, 3.8) is 0 Å². The molecule has 1 saturated heterocycles. The number of benzene rings is 1. The topological polar surface area (TPSA) is 33.5 Å². The maximum absolute atomic E-state index is 11.7. The average Bonchev–Trinajstić information content (AvgIpc) is 2.70. The van der Waals surface area contributed by atoms with E-state index in [-0.39, 0.29) is 5.91 Å². The van der Waals surface area contributed by atoms with Gasteiger partial charge in [-0.1, -0.05) is 17.7 Å². The summed E-state index contributed by atoms with van der Waals surface area (Å²) in [5.41, 5.74) is 0.774. The number of likely N-dealkylation sites (tertiary alicyclic amines) is 1. The first-order chi connectivity index (χ1) is 7.74. The van der Waals surface area contributed by atoms with E-state index in [0.29, 0.717) is 11.6 Å². The fraction of sp³-hybridized carbons (Fsp3) is 0.417. The predicted molar refractivity (Wildman–Crippen MR) is 64.9 cm³/mol. The van der Waals surface area contributed by atoms with E-state index in [1.165, 1.54) is 17.7 Å². The molecule has 1 aliphatic rings. The summed E-state index contributed by atoms with van der Waals surface area (Å²) < 4.78 is 0. The fourth-order valence-corrected chi connectivity index (χ4v) is 2.24. The summed E-state index contributed by atoms with van der Waals surface area (Å²) in [5.74, 6) is 0.0687. The number of rotatable bonds is 3. The minimum absolute atomic E-state index is 0.0687. The molecule has 86 valence electrons. The van der Waals surface area contributed by atoms with Gasteiger partial charge in [0.25, 0.3) is 5.91 Å². The highest BCUT2D eigenvalue weighted by atomic mass is 35.5. The van der Waals surface area contributed by atoms with Crippen LogP contribution in [-0.2, 0) is 4.79 Å². The van der Waals surface area contributed by atoms with Crippen molar-refractivity contribution in [3.05, 3.63) is 29.3 Å². The lowest BCUT2D eigenvalue weighted by atomic mass is 10.3. The zero-order chi connectivity index (χ0) is 11.4. The lowest BCUT2D eigenvalue weighted by molar-refractivity contribution is -0.878. The van der Waals surface area contributed by atoms with Gasteiger partial charge in [0.05, 0.1) is 13.1 Å². The molecular weight excluding hydrogens is 224 g/mol. The molecule has 0 spiro atoms. The molecule has 0 saturated carbocycles. The predicted octanol–water partition coefficient (Wildman–Crippen LogP) is 0.957. The van der Waals surface area contributed by atoms with Gasteiger partial charge in [-0.05, 0) is 18.2 Å². The Labute approximate surface area is 100 Å². The summed E-state index contributed by atoms with van der Waals surface area (Å²) in [6, 6.07) is 7.24. The van der Waals surface area contributed by atoms with E-state index in [1.54, 1.807) is 12.1 Å². The lowest BCUT2D eigenvalue weighted by Crippen LogP contribution is -3.11. The van der Waals surface area contributed by atoms with Crippen LogP contribution in [0.5, 0.6) is 0 Å². The third-order valence-electron chi connectivity index (χ3n) is 2.83. The minimum atomic E-state index is 0.0687. The molecule has 1 aromatic carbocycles. The first-order valence-electron chi connectivity index (χ1n) is 5.63. The Hall–Kier alpha value is -1.06. The number of halogens is 1. The largest absolute Gasteiger partial charge is 0.327 e. The first kappa shape index (κ1) is 11.4. The number of carbonyl (C=O) groups excluding carboxylic acids is 1. The molecule has 4 heteroatoms. The fourth-order valence-electron chi connectivity index (χ4n) is 2.05. The van der Waals surface area contributed by atoms with E-state index in [2.05, 4.69) is 5.32 Å². The third-order valence-corrected chi connectivity index (χ3v) is 3.06. The number of hydrogen-bond donors (Lipinski definition) is 2. The average molecular weight is 240 g/mol. The molecule has 0 aromatic heterocycles. The number of anilines is 1. The van der Waals surface area contributed by atoms with E-state index >= 15 is 0 Å². The Morgan fingerprint density at radius 3 is 2.81 bits per heavy atom. The zero-order valence-electron chi connectivity index (χ0n) is 9.13. The second kappa shape index (κ2) is 5.32. The molecule has 16 heavy (non-hydrogen) atoms. The van der Waals surface area contributed by atoms with Crippen LogP contribution in [0.25, 0.3) is 0 Å². The van der Waals surface area contributed by atoms with Gasteiger partial charge in [-0.2, -0.15) is 0 Å². The number of quaternary nitrogens is 1. The lowest BCUT2D eigenvalue weighted by Gasteiger charge is -2.11. The summed E-state index contributed by atoms with van der Waals surface area (Å²) in [6.07, 6.45) is 2.47. The van der Waals surface area contributed by atoms with Gasteiger partial charge in [-0.15, -0.1) is 0 Å². The van der Waals surface area contributed by atoms with Crippen LogP contribution >= 0.6 is 11.6 Å². The van der Waals surface area contributed by atoms with Crippen LogP contribution < -0.4 is 10.2 Å². The molecule has 0 bridgehead atoms. The molecule has 0 unspecified atom stereocenters. The molecule has 2 N–H and O–H groups in total. The van der Waals surface area contributed by atoms with Crippen LogP contribution in [0.1, 0.15) is 12.8 Å². The molecule has 1 aromatic rings. The SMILES string of the molecule is O=C(C[NH+]1CCCC1)Nc1cccc(Cl)c1. The van der Waals surface area contributed by atoms with Crippen molar-refractivity contribution in [1.29, 1.82) is 0 Å². The van der Waals surface area contributed by atoms with Crippen LogP contribution in [0.3, 0.4) is 0 Å². The second-order valence-electron chi connectivity index (χ2n) is 4.19. The second-order valence-corrected chi connectivity index (χ2v) is 4.63. The number of amides is 1. The van der Waals surface area contributed by atoms with Crippen molar-refractivity contribution in [2.75, 3.05) is 25.0 Å². The van der Waals surface area contributed by atoms with Crippen molar-refractivity contribution in [3.8, 4) is 0 Å². The molecule has 2 rings (SSSR count). The minimum Gasteiger partial charge on any atom is -0.327 e. The molecule has 3 nitrogen and oxygen atoms in total. The van der Waals surface area contributed by atoms with Crippen molar-refractivity contribution in [1.82, 2.24) is 0 Å². The van der Waals surface area contributed by atoms with Crippen LogP contribution in [-0.4, -0.2) is 25.5 Å². The maximum Gasteiger partial charge on any atom is 0.279 e. The van der Waals surface area contributed by atoms with Gasteiger partial charge in [-0.25, -0.2) is 0 Å². The zero-order valence-corrected chi connectivity index (χ0v) is 9.89. The standard InChI is InChI=1S/C12H15ClN2O/c13-10-4-3-5-11(8-10)14-12(16)9-15-6-1-2-7-15/h3-5,8H,1-2,6-7,9H2,(H,14,16)/p+1. The summed E-state index contributed by atoms with van der Waals surface area (Å²) in [7, 11) is 0. The van der Waals surface area contributed by atoms with Crippen LogP contribution in [0, 0.1) is 0 Å². The quantitative estimate of drug-likeness (QED) is 0.810. The Morgan fingerprint density at radius 2 is 2.12 bits per heavy atom. The van der Waals surface area contributed by atoms with E-state index in [9.17, 15) is 4.79 Å². The van der Waals surface area contributed by atoms with Gasteiger partial charge in [-0.3, -0.25) is 4.79 Å². The van der Waals surface area contributed by atoms with Gasteiger partial charge in [0.2, 0.25) is 0 Å². The molecule has 0 radical (unpaired) electrons. The van der Waals surface area contributed by atoms with Gasteiger partial charge in [0, 0.05) is 23.6 Å². The summed E-state index contributed by atoms with van der Waals surface area (Å²) in [4.78, 5) is 13.1. The normalized spacial score (nSPS) is 16.3. The number of hydrogen-bond acceptors (Lipinski definition) is 1. The molecule has 0 aliphatic carbocycles. The third kappa shape index (κ3) is 3.22. The van der Waals surface area contributed by atoms with Crippen molar-refractivity contribution in [2.45, 2.75) is 12.8 Å². The van der Waals surface area contributed by atoms with Crippen LogP contribution in [0.15, 0.2) is 24.3 Å². The Balaban J connectivity index is 1.86. The molecule has 1 heterocycles. The Kier molecular flexibility index (Phi) is 3.80. The monoisotopic (exact) mass is 239 g/mol. The van der Waals surface area contributed by atoms with Gasteiger partial charge < -0.3 is 10.2 Å². The molecule has 1 aliphatic heterocycles. The van der Waals surface area contributed by atoms with Crippen LogP contribution in [0.2, 0.25) is 5.02 Å². The van der Waals surface area contributed by atoms with E-state index in [1.807, 2.05) is 12.1 Å². The smallest absolute Gasteiger partial charge is 0.279 e. The number of carbonyl (C=O) groups is 1. The van der Waals surface area contributed by atoms with Crippen molar-refractivity contribution in [2.24, 2.45) is 0 Å². The van der Waals surface area contributed by atoms with Crippen LogP contribution in [0.4, 0.5) is 5.69 Å². The Morgan fingerprint density at radius 1 is 1.38 bits per heavy atom.